The zero-order valence-electron chi connectivity index (χ0n) is 12.1. The molecule has 0 bridgehead atoms. The number of halogens is 1. The Balaban J connectivity index is 1.85. The fourth-order valence-corrected chi connectivity index (χ4v) is 1.85. The van der Waals surface area contributed by atoms with Crippen molar-refractivity contribution in [2.75, 3.05) is 11.9 Å². The first-order valence-corrected chi connectivity index (χ1v) is 6.90. The van der Waals surface area contributed by atoms with E-state index < -0.39 is 24.3 Å². The minimum Gasteiger partial charge on any atom is -0.452 e. The lowest BCUT2D eigenvalue weighted by atomic mass is 10.1. The first-order valence-electron chi connectivity index (χ1n) is 6.90. The number of amides is 1. The fourth-order valence-electron chi connectivity index (χ4n) is 1.85. The highest BCUT2D eigenvalue weighted by Gasteiger charge is 2.11. The molecule has 0 radical (unpaired) electrons. The SMILES string of the molecule is CCc1ccc(NC(=O)COC(=O)c2cccc(F)c2)cc1. The maximum Gasteiger partial charge on any atom is 0.338 e. The summed E-state index contributed by atoms with van der Waals surface area (Å²) in [7, 11) is 0. The number of hydrogen-bond acceptors (Lipinski definition) is 3. The molecule has 0 saturated carbocycles. The molecule has 1 amide bonds. The first kappa shape index (κ1) is 15.7. The zero-order chi connectivity index (χ0) is 15.9. The van der Waals surface area contributed by atoms with Crippen LogP contribution in [0.5, 0.6) is 0 Å². The van der Waals surface area contributed by atoms with E-state index in [1.807, 2.05) is 19.1 Å². The Morgan fingerprint density at radius 3 is 2.50 bits per heavy atom. The monoisotopic (exact) mass is 301 g/mol. The van der Waals surface area contributed by atoms with Crippen molar-refractivity contribution < 1.29 is 18.7 Å². The predicted octanol–water partition coefficient (Wildman–Crippen LogP) is 3.18. The third-order valence-electron chi connectivity index (χ3n) is 3.04. The Morgan fingerprint density at radius 1 is 1.14 bits per heavy atom. The summed E-state index contributed by atoms with van der Waals surface area (Å²) in [5.74, 6) is -1.72. The van der Waals surface area contributed by atoms with E-state index in [0.29, 0.717) is 5.69 Å². The first-order chi connectivity index (χ1) is 10.6. The molecule has 0 spiro atoms. The molecule has 0 unspecified atom stereocenters. The highest BCUT2D eigenvalue weighted by molar-refractivity contribution is 5.95. The second-order valence-corrected chi connectivity index (χ2v) is 4.69. The number of carbonyl (C=O) groups is 2. The molecule has 2 aromatic rings. The average Bonchev–Trinajstić information content (AvgIpc) is 2.53. The van der Waals surface area contributed by atoms with Gasteiger partial charge in [-0.3, -0.25) is 4.79 Å². The topological polar surface area (TPSA) is 55.4 Å². The van der Waals surface area contributed by atoms with Crippen molar-refractivity contribution in [3.05, 3.63) is 65.5 Å². The third kappa shape index (κ3) is 4.41. The fraction of sp³-hybridized carbons (Fsp3) is 0.176. The number of benzene rings is 2. The van der Waals surface area contributed by atoms with Crippen LogP contribution < -0.4 is 5.32 Å². The molecule has 2 rings (SSSR count). The van der Waals surface area contributed by atoms with E-state index in [2.05, 4.69) is 5.32 Å². The van der Waals surface area contributed by atoms with Crippen LogP contribution in [-0.2, 0) is 16.0 Å². The molecule has 22 heavy (non-hydrogen) atoms. The number of aryl methyl sites for hydroxylation is 1. The van der Waals surface area contributed by atoms with Gasteiger partial charge in [-0.05, 0) is 42.3 Å². The highest BCUT2D eigenvalue weighted by atomic mass is 19.1. The van der Waals surface area contributed by atoms with E-state index in [1.165, 1.54) is 18.2 Å². The lowest BCUT2D eigenvalue weighted by molar-refractivity contribution is -0.119. The Morgan fingerprint density at radius 2 is 1.86 bits per heavy atom. The second-order valence-electron chi connectivity index (χ2n) is 4.69. The Labute approximate surface area is 127 Å². The zero-order valence-corrected chi connectivity index (χ0v) is 12.1. The minimum absolute atomic E-state index is 0.0695. The van der Waals surface area contributed by atoms with Crippen molar-refractivity contribution in [3.63, 3.8) is 0 Å². The van der Waals surface area contributed by atoms with Crippen molar-refractivity contribution in [3.8, 4) is 0 Å². The molecule has 0 aliphatic carbocycles. The van der Waals surface area contributed by atoms with Crippen LogP contribution in [0.2, 0.25) is 0 Å². The summed E-state index contributed by atoms with van der Waals surface area (Å²) in [6.45, 7) is 1.62. The van der Waals surface area contributed by atoms with Crippen LogP contribution in [-0.4, -0.2) is 18.5 Å². The molecule has 4 nitrogen and oxygen atoms in total. The van der Waals surface area contributed by atoms with E-state index in [4.69, 9.17) is 4.74 Å². The second kappa shape index (κ2) is 7.36. The molecule has 0 aliphatic rings. The molecule has 1 N–H and O–H groups in total. The van der Waals surface area contributed by atoms with Gasteiger partial charge in [0.15, 0.2) is 6.61 Å². The van der Waals surface area contributed by atoms with Crippen molar-refractivity contribution in [1.82, 2.24) is 0 Å². The predicted molar refractivity (Wildman–Crippen MR) is 81.1 cm³/mol. The van der Waals surface area contributed by atoms with Crippen LogP contribution >= 0.6 is 0 Å². The molecule has 5 heteroatoms. The molecule has 0 atom stereocenters. The van der Waals surface area contributed by atoms with E-state index >= 15 is 0 Å². The smallest absolute Gasteiger partial charge is 0.338 e. The van der Waals surface area contributed by atoms with E-state index in [9.17, 15) is 14.0 Å². The lowest BCUT2D eigenvalue weighted by Crippen LogP contribution is -2.20. The lowest BCUT2D eigenvalue weighted by Gasteiger charge is -2.07. The normalized spacial score (nSPS) is 10.1. The van der Waals surface area contributed by atoms with Gasteiger partial charge in [0.1, 0.15) is 5.82 Å². The Bertz CT molecular complexity index is 668. The average molecular weight is 301 g/mol. The van der Waals surface area contributed by atoms with E-state index in [0.717, 1.165) is 18.1 Å². The highest BCUT2D eigenvalue weighted by Crippen LogP contribution is 2.10. The Kier molecular flexibility index (Phi) is 5.25. The Hall–Kier alpha value is -2.69. The molecule has 0 aliphatic heterocycles. The summed E-state index contributed by atoms with van der Waals surface area (Å²) in [4.78, 5) is 23.4. The van der Waals surface area contributed by atoms with Crippen LogP contribution in [0.15, 0.2) is 48.5 Å². The summed E-state index contributed by atoms with van der Waals surface area (Å²) >= 11 is 0. The van der Waals surface area contributed by atoms with Crippen LogP contribution in [0.25, 0.3) is 0 Å². The van der Waals surface area contributed by atoms with Crippen molar-refractivity contribution in [1.29, 1.82) is 0 Å². The summed E-state index contributed by atoms with van der Waals surface area (Å²) in [6.07, 6.45) is 0.916. The van der Waals surface area contributed by atoms with Crippen LogP contribution in [0.4, 0.5) is 10.1 Å². The maximum atomic E-state index is 13.0. The van der Waals surface area contributed by atoms with Crippen LogP contribution in [0.1, 0.15) is 22.8 Å². The van der Waals surface area contributed by atoms with E-state index in [1.54, 1.807) is 12.1 Å². The van der Waals surface area contributed by atoms with Gasteiger partial charge in [-0.25, -0.2) is 9.18 Å². The summed E-state index contributed by atoms with van der Waals surface area (Å²) in [5, 5.41) is 2.62. The summed E-state index contributed by atoms with van der Waals surface area (Å²) < 4.78 is 17.8. The van der Waals surface area contributed by atoms with E-state index in [-0.39, 0.29) is 5.56 Å². The number of anilines is 1. The standard InChI is InChI=1S/C17H16FNO3/c1-2-12-6-8-15(9-7-12)19-16(20)11-22-17(21)13-4-3-5-14(18)10-13/h3-10H,2,11H2,1H3,(H,19,20). The molecular weight excluding hydrogens is 285 g/mol. The molecule has 114 valence electrons. The van der Waals surface area contributed by atoms with Gasteiger partial charge in [0.05, 0.1) is 5.56 Å². The van der Waals surface area contributed by atoms with Gasteiger partial charge in [0.2, 0.25) is 0 Å². The van der Waals surface area contributed by atoms with Gasteiger partial charge >= 0.3 is 5.97 Å². The number of esters is 1. The molecular formula is C17H16FNO3. The molecule has 2 aromatic carbocycles. The van der Waals surface area contributed by atoms with Gasteiger partial charge in [0, 0.05) is 5.69 Å². The molecule has 0 heterocycles. The molecule has 0 fully saturated rings. The number of hydrogen-bond donors (Lipinski definition) is 1. The summed E-state index contributed by atoms with van der Waals surface area (Å²) in [6, 6.07) is 12.5. The quantitative estimate of drug-likeness (QED) is 0.863. The van der Waals surface area contributed by atoms with Gasteiger partial charge in [0.25, 0.3) is 5.91 Å². The van der Waals surface area contributed by atoms with Crippen LogP contribution in [0, 0.1) is 5.82 Å². The van der Waals surface area contributed by atoms with Crippen molar-refractivity contribution in [2.24, 2.45) is 0 Å². The van der Waals surface area contributed by atoms with Gasteiger partial charge in [-0.2, -0.15) is 0 Å². The number of ether oxygens (including phenoxy) is 1. The van der Waals surface area contributed by atoms with Gasteiger partial charge in [-0.1, -0.05) is 25.1 Å². The third-order valence-corrected chi connectivity index (χ3v) is 3.04. The van der Waals surface area contributed by atoms with Crippen LogP contribution in [0.3, 0.4) is 0 Å². The van der Waals surface area contributed by atoms with Crippen molar-refractivity contribution in [2.45, 2.75) is 13.3 Å². The number of nitrogens with one attached hydrogen (secondary N) is 1. The van der Waals surface area contributed by atoms with Gasteiger partial charge in [-0.15, -0.1) is 0 Å². The maximum absolute atomic E-state index is 13.0. The number of rotatable bonds is 5. The van der Waals surface area contributed by atoms with Crippen molar-refractivity contribution >= 4 is 17.6 Å². The minimum atomic E-state index is -0.740. The number of carbonyl (C=O) groups excluding carboxylic acids is 2. The largest absolute Gasteiger partial charge is 0.452 e. The molecule has 0 saturated heterocycles. The molecule has 0 aromatic heterocycles. The van der Waals surface area contributed by atoms with Gasteiger partial charge < -0.3 is 10.1 Å². The summed E-state index contributed by atoms with van der Waals surface area (Å²) in [5.41, 5.74) is 1.86.